The molecule has 0 saturated heterocycles. The Morgan fingerprint density at radius 2 is 1.40 bits per heavy atom. The number of ether oxygens (including phenoxy) is 2. The van der Waals surface area contributed by atoms with E-state index in [0.29, 0.717) is 11.4 Å². The van der Waals surface area contributed by atoms with E-state index in [1.54, 1.807) is 14.2 Å². The highest BCUT2D eigenvalue weighted by Crippen LogP contribution is 2.39. The van der Waals surface area contributed by atoms with Crippen molar-refractivity contribution in [1.29, 1.82) is 0 Å². The van der Waals surface area contributed by atoms with Crippen LogP contribution in [-0.4, -0.2) is 24.8 Å². The molecule has 212 valence electrons. The fourth-order valence-corrected chi connectivity index (χ4v) is 5.69. The van der Waals surface area contributed by atoms with Gasteiger partial charge in [0.15, 0.2) is 0 Å². The molecule has 1 heterocycles. The Balaban J connectivity index is 1.13. The van der Waals surface area contributed by atoms with Crippen LogP contribution in [-0.2, 0) is 13.0 Å². The number of nitrogens with zero attached hydrogens (tertiary/aromatic N) is 1. The van der Waals surface area contributed by atoms with Gasteiger partial charge in [0.2, 0.25) is 0 Å². The van der Waals surface area contributed by atoms with Crippen LogP contribution in [0.2, 0.25) is 0 Å². The van der Waals surface area contributed by atoms with Crippen molar-refractivity contribution in [1.82, 2.24) is 4.57 Å². The van der Waals surface area contributed by atoms with Crippen molar-refractivity contribution in [2.45, 2.75) is 19.9 Å². The zero-order valence-electron chi connectivity index (χ0n) is 23.8. The summed E-state index contributed by atoms with van der Waals surface area (Å²) in [4.78, 5) is 12.8. The molecule has 0 saturated carbocycles. The molecule has 0 fully saturated rings. The van der Waals surface area contributed by atoms with E-state index in [0.717, 1.165) is 80.3 Å². The third kappa shape index (κ3) is 4.77. The summed E-state index contributed by atoms with van der Waals surface area (Å²) in [7, 11) is 3.32. The van der Waals surface area contributed by atoms with Gasteiger partial charge in [0.05, 0.1) is 31.1 Å². The zero-order chi connectivity index (χ0) is 29.4. The van der Waals surface area contributed by atoms with E-state index in [2.05, 4.69) is 22.1 Å². The Labute approximate surface area is 244 Å². The number of carbonyl (C=O) groups excluding carboxylic acids is 1. The molecule has 5 aromatic rings. The number of carbonyl (C=O) groups is 1. The van der Waals surface area contributed by atoms with Gasteiger partial charge in [0.25, 0.3) is 0 Å². The molecule has 0 aliphatic heterocycles. The normalized spacial score (nSPS) is 12.4. The number of anilines is 3. The molecule has 6 N–H and O–H groups in total. The highest BCUT2D eigenvalue weighted by Gasteiger charge is 2.21. The summed E-state index contributed by atoms with van der Waals surface area (Å²) in [6.45, 7) is 2.84. The van der Waals surface area contributed by atoms with Crippen molar-refractivity contribution in [2.75, 3.05) is 30.6 Å². The van der Waals surface area contributed by atoms with Gasteiger partial charge in [0, 0.05) is 52.6 Å². The van der Waals surface area contributed by atoms with E-state index in [9.17, 15) is 4.79 Å². The van der Waals surface area contributed by atoms with Crippen molar-refractivity contribution < 1.29 is 14.3 Å². The van der Waals surface area contributed by atoms with Gasteiger partial charge >= 0.3 is 6.03 Å². The smallest absolute Gasteiger partial charge is 0.323 e. The number of nitrogens with one attached hydrogen (secondary N) is 2. The second-order valence-electron chi connectivity index (χ2n) is 10.2. The number of benzene rings is 4. The van der Waals surface area contributed by atoms with Gasteiger partial charge in [-0.3, -0.25) is 0 Å². The lowest BCUT2D eigenvalue weighted by molar-refractivity contribution is 0.262. The van der Waals surface area contributed by atoms with Crippen LogP contribution in [0.4, 0.5) is 21.9 Å². The molecule has 42 heavy (non-hydrogen) atoms. The maximum atomic E-state index is 12.8. The highest BCUT2D eigenvalue weighted by atomic mass is 16.5. The molecule has 8 heteroatoms. The molecule has 4 aromatic carbocycles. The molecule has 0 spiro atoms. The van der Waals surface area contributed by atoms with Crippen LogP contribution in [0, 0.1) is 0 Å². The summed E-state index contributed by atoms with van der Waals surface area (Å²) in [6, 6.07) is 26.9. The number of methoxy groups -OCH3 is 2. The first kappa shape index (κ1) is 26.8. The van der Waals surface area contributed by atoms with Crippen molar-refractivity contribution in [3.8, 4) is 22.8 Å². The number of allylic oxidation sites excluding steroid dienone is 1. The Kier molecular flexibility index (Phi) is 6.96. The number of rotatable bonds is 7. The van der Waals surface area contributed by atoms with Gasteiger partial charge < -0.3 is 36.1 Å². The third-order valence-corrected chi connectivity index (χ3v) is 7.83. The van der Waals surface area contributed by atoms with Gasteiger partial charge in [0.1, 0.15) is 11.5 Å². The van der Waals surface area contributed by atoms with Crippen LogP contribution < -0.4 is 31.6 Å². The highest BCUT2D eigenvalue weighted by molar-refractivity contribution is 6.03. The minimum absolute atomic E-state index is 0.330. The molecule has 2 amide bonds. The number of nitrogen functional groups attached to an aromatic ring is 1. The summed E-state index contributed by atoms with van der Waals surface area (Å²) in [6.07, 6.45) is 0.737. The zero-order valence-corrected chi connectivity index (χ0v) is 23.8. The fraction of sp³-hybridized carbons (Fsp3) is 0.147. The molecule has 0 atom stereocenters. The van der Waals surface area contributed by atoms with Crippen molar-refractivity contribution >= 4 is 45.3 Å². The lowest BCUT2D eigenvalue weighted by Crippen LogP contribution is -2.19. The Morgan fingerprint density at radius 3 is 2.02 bits per heavy atom. The molecule has 0 bridgehead atoms. The second kappa shape index (κ2) is 10.9. The number of hydrogen-bond acceptors (Lipinski definition) is 5. The molecular formula is C34H33N5O3. The molecule has 1 aliphatic carbocycles. The van der Waals surface area contributed by atoms with E-state index >= 15 is 0 Å². The molecular weight excluding hydrogens is 526 g/mol. The first-order valence-electron chi connectivity index (χ1n) is 13.8. The molecule has 0 radical (unpaired) electrons. The number of hydrogen-bond donors (Lipinski definition) is 4. The van der Waals surface area contributed by atoms with Crippen molar-refractivity contribution in [3.63, 3.8) is 0 Å². The minimum Gasteiger partial charge on any atom is -0.497 e. The van der Waals surface area contributed by atoms with Gasteiger partial charge in [-0.1, -0.05) is 24.3 Å². The predicted molar refractivity (Wildman–Crippen MR) is 171 cm³/mol. The number of aryl methyl sites for hydroxylation is 1. The number of nitrogens with two attached hydrogens (primary N) is 2. The van der Waals surface area contributed by atoms with Gasteiger partial charge in [-0.2, -0.15) is 0 Å². The Morgan fingerprint density at radius 1 is 0.810 bits per heavy atom. The largest absolute Gasteiger partial charge is 0.497 e. The first-order valence-corrected chi connectivity index (χ1v) is 13.8. The minimum atomic E-state index is -0.330. The lowest BCUT2D eigenvalue weighted by Gasteiger charge is -2.12. The number of aromatic nitrogens is 1. The summed E-state index contributed by atoms with van der Waals surface area (Å²) < 4.78 is 12.9. The van der Waals surface area contributed by atoms with Crippen molar-refractivity contribution in [2.24, 2.45) is 5.73 Å². The standard InChI is InChI=1S/C34H33N5O3/c1-4-39-30-19-26(42-3)14-16-28(30)32(36)33(39)21-7-11-24(12-8-21)38-34(40)37-23-9-5-20(6-10-23)29-18-22-17-25(41-2)13-15-27(22)31(29)35/h5-17,19H,4,18,35-36H2,1-3H3,(H2,37,38,40). The Hall–Kier alpha value is -5.37. The number of urea groups is 1. The van der Waals surface area contributed by atoms with Crippen LogP contribution in [0.5, 0.6) is 11.5 Å². The van der Waals surface area contributed by atoms with E-state index in [-0.39, 0.29) is 6.03 Å². The lowest BCUT2D eigenvalue weighted by atomic mass is 10.0. The maximum absolute atomic E-state index is 12.8. The van der Waals surface area contributed by atoms with E-state index in [1.165, 1.54) is 0 Å². The van der Waals surface area contributed by atoms with Crippen LogP contribution in [0.3, 0.4) is 0 Å². The average Bonchev–Trinajstić information content (AvgIpc) is 3.50. The summed E-state index contributed by atoms with van der Waals surface area (Å²) in [5.41, 5.74) is 23.1. The Bertz CT molecular complexity index is 1840. The summed E-state index contributed by atoms with van der Waals surface area (Å²) in [5, 5.41) is 6.79. The van der Waals surface area contributed by atoms with Gasteiger partial charge in [-0.15, -0.1) is 0 Å². The third-order valence-electron chi connectivity index (χ3n) is 7.83. The second-order valence-corrected chi connectivity index (χ2v) is 10.2. The topological polar surface area (TPSA) is 117 Å². The predicted octanol–water partition coefficient (Wildman–Crippen LogP) is 6.95. The fourth-order valence-electron chi connectivity index (χ4n) is 5.69. The SMILES string of the molecule is CCn1c(-c2ccc(NC(=O)Nc3ccc(C4=C(N)c5ccc(OC)cc5C4)cc3)cc2)c(N)c2ccc(OC)cc21. The van der Waals surface area contributed by atoms with E-state index in [4.69, 9.17) is 20.9 Å². The van der Waals surface area contributed by atoms with Gasteiger partial charge in [-0.25, -0.2) is 4.79 Å². The number of fused-ring (bicyclic) bond motifs is 2. The van der Waals surface area contributed by atoms with Crippen LogP contribution in [0.25, 0.3) is 33.4 Å². The summed E-state index contributed by atoms with van der Waals surface area (Å²) in [5.74, 6) is 1.60. The quantitative estimate of drug-likeness (QED) is 0.172. The molecule has 0 unspecified atom stereocenters. The molecule has 1 aromatic heterocycles. The maximum Gasteiger partial charge on any atom is 0.323 e. The van der Waals surface area contributed by atoms with Crippen LogP contribution in [0.1, 0.15) is 23.6 Å². The summed E-state index contributed by atoms with van der Waals surface area (Å²) >= 11 is 0. The first-order chi connectivity index (χ1) is 20.4. The molecule has 8 nitrogen and oxygen atoms in total. The van der Waals surface area contributed by atoms with Gasteiger partial charge in [-0.05, 0) is 78.2 Å². The van der Waals surface area contributed by atoms with Crippen LogP contribution >= 0.6 is 0 Å². The number of amides is 2. The average molecular weight is 560 g/mol. The molecule has 6 rings (SSSR count). The van der Waals surface area contributed by atoms with Crippen LogP contribution in [0.15, 0.2) is 84.9 Å². The van der Waals surface area contributed by atoms with E-state index < -0.39 is 0 Å². The molecule has 1 aliphatic rings. The monoisotopic (exact) mass is 559 g/mol. The van der Waals surface area contributed by atoms with Crippen molar-refractivity contribution in [3.05, 3.63) is 102 Å². The van der Waals surface area contributed by atoms with E-state index in [1.807, 2.05) is 84.9 Å².